The average Bonchev–Trinajstić information content (AvgIpc) is 3.08. The van der Waals surface area contributed by atoms with E-state index in [9.17, 15) is 14.9 Å². The zero-order valence-electron chi connectivity index (χ0n) is 16.7. The molecule has 3 rings (SSSR count). The van der Waals surface area contributed by atoms with Crippen LogP contribution in [0.3, 0.4) is 0 Å². The number of esters is 1. The minimum absolute atomic E-state index is 0.0203. The van der Waals surface area contributed by atoms with Crippen molar-refractivity contribution < 1.29 is 23.9 Å². The van der Waals surface area contributed by atoms with E-state index in [1.807, 2.05) is 13.8 Å². The summed E-state index contributed by atoms with van der Waals surface area (Å²) in [5.74, 6) is 0.398. The van der Waals surface area contributed by atoms with Gasteiger partial charge in [0.2, 0.25) is 5.90 Å². The zero-order chi connectivity index (χ0) is 22.5. The zero-order valence-corrected chi connectivity index (χ0v) is 19.0. The molecule has 0 amide bonds. The van der Waals surface area contributed by atoms with Crippen LogP contribution in [0.1, 0.15) is 31.4 Å². The van der Waals surface area contributed by atoms with Gasteiger partial charge in [0.15, 0.2) is 17.2 Å². The summed E-state index contributed by atoms with van der Waals surface area (Å²) in [6, 6.07) is 7.57. The first-order chi connectivity index (χ1) is 14.8. The Morgan fingerprint density at radius 1 is 1.26 bits per heavy atom. The Morgan fingerprint density at radius 2 is 2.03 bits per heavy atom. The predicted molar refractivity (Wildman–Crippen MR) is 120 cm³/mol. The van der Waals surface area contributed by atoms with Gasteiger partial charge in [0.25, 0.3) is 5.69 Å². The average molecular weight is 510 g/mol. The van der Waals surface area contributed by atoms with Crippen LogP contribution in [0.4, 0.5) is 5.69 Å². The van der Waals surface area contributed by atoms with Gasteiger partial charge in [-0.05, 0) is 65.2 Å². The van der Waals surface area contributed by atoms with Crippen molar-refractivity contribution in [3.8, 4) is 11.5 Å². The van der Waals surface area contributed by atoms with E-state index in [4.69, 9.17) is 25.8 Å². The van der Waals surface area contributed by atoms with Gasteiger partial charge in [-0.25, -0.2) is 9.79 Å². The van der Waals surface area contributed by atoms with Gasteiger partial charge in [-0.15, -0.1) is 0 Å². The van der Waals surface area contributed by atoms with Gasteiger partial charge in [-0.2, -0.15) is 0 Å². The highest BCUT2D eigenvalue weighted by atomic mass is 79.9. The fourth-order valence-electron chi connectivity index (χ4n) is 2.75. The first-order valence-corrected chi connectivity index (χ1v) is 10.6. The Labute approximate surface area is 191 Å². The van der Waals surface area contributed by atoms with Crippen LogP contribution in [-0.4, -0.2) is 30.0 Å². The Morgan fingerprint density at radius 3 is 2.71 bits per heavy atom. The van der Waals surface area contributed by atoms with E-state index in [0.717, 1.165) is 6.42 Å². The van der Waals surface area contributed by atoms with Gasteiger partial charge in [0.05, 0.1) is 22.6 Å². The van der Waals surface area contributed by atoms with Crippen molar-refractivity contribution >= 4 is 51.2 Å². The second-order valence-electron chi connectivity index (χ2n) is 6.37. The van der Waals surface area contributed by atoms with E-state index in [-0.39, 0.29) is 27.9 Å². The van der Waals surface area contributed by atoms with Crippen molar-refractivity contribution in [1.29, 1.82) is 0 Å². The summed E-state index contributed by atoms with van der Waals surface area (Å²) >= 11 is 9.31. The number of carbonyl (C=O) groups excluding carboxylic acids is 1. The van der Waals surface area contributed by atoms with Gasteiger partial charge < -0.3 is 14.2 Å². The van der Waals surface area contributed by atoms with Crippen LogP contribution < -0.4 is 9.47 Å². The molecule has 8 nitrogen and oxygen atoms in total. The fourth-order valence-corrected chi connectivity index (χ4v) is 3.52. The monoisotopic (exact) mass is 508 g/mol. The molecule has 1 heterocycles. The Kier molecular flexibility index (Phi) is 7.29. The minimum Gasteiger partial charge on any atom is -0.490 e. The summed E-state index contributed by atoms with van der Waals surface area (Å²) in [5, 5.41) is 11.1. The first kappa shape index (κ1) is 22.8. The van der Waals surface area contributed by atoms with Crippen molar-refractivity contribution in [3.05, 3.63) is 66.8 Å². The molecular weight excluding hydrogens is 492 g/mol. The lowest BCUT2D eigenvalue weighted by atomic mass is 10.1. The van der Waals surface area contributed by atoms with Crippen molar-refractivity contribution in [2.24, 2.45) is 4.99 Å². The molecule has 10 heteroatoms. The Hall–Kier alpha value is -2.91. The summed E-state index contributed by atoms with van der Waals surface area (Å²) < 4.78 is 17.3. The van der Waals surface area contributed by atoms with Crippen LogP contribution in [0.5, 0.6) is 11.5 Å². The molecule has 0 atom stereocenters. The molecule has 0 unspecified atom stereocenters. The Bertz CT molecular complexity index is 1100. The van der Waals surface area contributed by atoms with E-state index in [0.29, 0.717) is 34.7 Å². The number of cyclic esters (lactones) is 1. The third kappa shape index (κ3) is 5.23. The number of nitro groups is 1. The maximum absolute atomic E-state index is 12.3. The van der Waals surface area contributed by atoms with Gasteiger partial charge in [0, 0.05) is 11.6 Å². The second kappa shape index (κ2) is 9.93. The summed E-state index contributed by atoms with van der Waals surface area (Å²) in [4.78, 5) is 27.0. The molecule has 2 aromatic carbocycles. The maximum atomic E-state index is 12.3. The number of halogens is 2. The van der Waals surface area contributed by atoms with Crippen molar-refractivity contribution in [1.82, 2.24) is 0 Å². The highest BCUT2D eigenvalue weighted by Gasteiger charge is 2.26. The number of nitrogens with zero attached hydrogens (tertiary/aromatic N) is 2. The van der Waals surface area contributed by atoms with Gasteiger partial charge >= 0.3 is 5.97 Å². The molecule has 0 N–H and O–H groups in total. The molecule has 162 valence electrons. The minimum atomic E-state index is -0.673. The SMILES string of the molecule is CCCOc1c(Br)cc(/C=C2\N=C(c3ccc(Cl)c([N+](=O)[O-])c3)OC2=O)cc1OCC. The third-order valence-corrected chi connectivity index (χ3v) is 5.00. The highest BCUT2D eigenvalue weighted by molar-refractivity contribution is 9.10. The fraction of sp³-hybridized carbons (Fsp3) is 0.238. The number of carbonyl (C=O) groups is 1. The standard InChI is InChI=1S/C21H18BrClN2O6/c1-3-7-30-19-14(22)8-12(10-18(19)29-4-2)9-16-21(26)31-20(24-16)13-5-6-15(23)17(11-13)25(27)28/h5-6,8-11H,3-4,7H2,1-2H3/b16-9-. The van der Waals surface area contributed by atoms with E-state index >= 15 is 0 Å². The molecule has 0 radical (unpaired) electrons. The number of nitro benzene ring substituents is 1. The predicted octanol–water partition coefficient (Wildman–Crippen LogP) is 5.54. The molecule has 0 aromatic heterocycles. The van der Waals surface area contributed by atoms with Crippen molar-refractivity contribution in [3.63, 3.8) is 0 Å². The molecule has 0 fully saturated rings. The van der Waals surface area contributed by atoms with Crippen LogP contribution in [0, 0.1) is 10.1 Å². The number of hydrogen-bond donors (Lipinski definition) is 0. The van der Waals surface area contributed by atoms with Crippen LogP contribution in [0.2, 0.25) is 5.02 Å². The summed E-state index contributed by atoms with van der Waals surface area (Å²) in [5.41, 5.74) is 0.651. The van der Waals surface area contributed by atoms with Gasteiger partial charge in [-0.3, -0.25) is 10.1 Å². The molecule has 31 heavy (non-hydrogen) atoms. The van der Waals surface area contributed by atoms with Crippen LogP contribution >= 0.6 is 27.5 Å². The highest BCUT2D eigenvalue weighted by Crippen LogP contribution is 2.38. The van der Waals surface area contributed by atoms with Crippen LogP contribution in [0.25, 0.3) is 6.08 Å². The first-order valence-electron chi connectivity index (χ1n) is 9.40. The quantitative estimate of drug-likeness (QED) is 0.200. The van der Waals surface area contributed by atoms with Gasteiger partial charge in [0.1, 0.15) is 5.02 Å². The number of hydrogen-bond acceptors (Lipinski definition) is 7. The molecule has 1 aliphatic rings. The molecule has 2 aromatic rings. The molecule has 0 bridgehead atoms. The number of rotatable bonds is 8. The number of ether oxygens (including phenoxy) is 3. The molecule has 0 saturated carbocycles. The van der Waals surface area contributed by atoms with Crippen LogP contribution in [0.15, 0.2) is 45.5 Å². The van der Waals surface area contributed by atoms with E-state index in [1.165, 1.54) is 24.3 Å². The van der Waals surface area contributed by atoms with Crippen LogP contribution in [-0.2, 0) is 9.53 Å². The third-order valence-electron chi connectivity index (χ3n) is 4.10. The van der Waals surface area contributed by atoms with Gasteiger partial charge in [-0.1, -0.05) is 18.5 Å². The normalized spacial score (nSPS) is 14.4. The topological polar surface area (TPSA) is 100 Å². The van der Waals surface area contributed by atoms with E-state index < -0.39 is 10.9 Å². The lowest BCUT2D eigenvalue weighted by Gasteiger charge is -2.14. The summed E-state index contributed by atoms with van der Waals surface area (Å²) in [6.45, 7) is 4.84. The number of benzene rings is 2. The smallest absolute Gasteiger partial charge is 0.363 e. The molecular formula is C21H18BrClN2O6. The molecule has 0 aliphatic carbocycles. The number of aliphatic imine (C=N–C) groups is 1. The summed E-state index contributed by atoms with van der Waals surface area (Å²) in [6.07, 6.45) is 2.38. The summed E-state index contributed by atoms with van der Waals surface area (Å²) in [7, 11) is 0. The van der Waals surface area contributed by atoms with E-state index in [2.05, 4.69) is 20.9 Å². The molecule has 1 aliphatic heterocycles. The lowest BCUT2D eigenvalue weighted by molar-refractivity contribution is -0.384. The lowest BCUT2D eigenvalue weighted by Crippen LogP contribution is -2.06. The van der Waals surface area contributed by atoms with E-state index in [1.54, 1.807) is 12.1 Å². The van der Waals surface area contributed by atoms with Crippen molar-refractivity contribution in [2.75, 3.05) is 13.2 Å². The Balaban J connectivity index is 1.96. The molecule has 0 saturated heterocycles. The maximum Gasteiger partial charge on any atom is 0.363 e. The second-order valence-corrected chi connectivity index (χ2v) is 7.63. The molecule has 0 spiro atoms. The van der Waals surface area contributed by atoms with Crippen molar-refractivity contribution in [2.45, 2.75) is 20.3 Å². The largest absolute Gasteiger partial charge is 0.490 e.